The minimum absolute atomic E-state index is 0.534. The van der Waals surface area contributed by atoms with E-state index in [4.69, 9.17) is 4.74 Å². The maximum absolute atomic E-state index is 11.4. The fourth-order valence-electron chi connectivity index (χ4n) is 1.95. The molecule has 2 rings (SSSR count). The summed E-state index contributed by atoms with van der Waals surface area (Å²) in [4.78, 5) is 13.8. The average Bonchev–Trinajstić information content (AvgIpc) is 2.84. The highest BCUT2D eigenvalue weighted by atomic mass is 32.1. The summed E-state index contributed by atoms with van der Waals surface area (Å²) in [6, 6.07) is 10.4. The SMILES string of the molecule is COc1cccc(C(NCc2ccc(C)s2)C(=O)O)c1. The van der Waals surface area contributed by atoms with Gasteiger partial charge in [-0.2, -0.15) is 0 Å². The van der Waals surface area contributed by atoms with E-state index >= 15 is 0 Å². The summed E-state index contributed by atoms with van der Waals surface area (Å²) >= 11 is 1.66. The van der Waals surface area contributed by atoms with Gasteiger partial charge in [-0.15, -0.1) is 11.3 Å². The number of thiophene rings is 1. The van der Waals surface area contributed by atoms with Gasteiger partial charge in [-0.3, -0.25) is 10.1 Å². The van der Waals surface area contributed by atoms with Crippen LogP contribution in [0, 0.1) is 6.92 Å². The zero-order valence-electron chi connectivity index (χ0n) is 11.4. The molecule has 2 aromatic rings. The third-order valence-corrected chi connectivity index (χ3v) is 3.95. The Morgan fingerprint density at radius 1 is 1.40 bits per heavy atom. The smallest absolute Gasteiger partial charge is 0.325 e. The Kier molecular flexibility index (Phi) is 4.76. The van der Waals surface area contributed by atoms with Crippen LogP contribution in [0.1, 0.15) is 21.4 Å². The summed E-state index contributed by atoms with van der Waals surface area (Å²) < 4.78 is 5.13. The number of carboxylic acid groups (broad SMARTS) is 1. The zero-order valence-corrected chi connectivity index (χ0v) is 12.2. The van der Waals surface area contributed by atoms with Crippen molar-refractivity contribution in [1.82, 2.24) is 5.32 Å². The molecule has 0 aliphatic rings. The molecule has 1 heterocycles. The Morgan fingerprint density at radius 3 is 2.80 bits per heavy atom. The average molecular weight is 291 g/mol. The maximum Gasteiger partial charge on any atom is 0.325 e. The van der Waals surface area contributed by atoms with Crippen LogP contribution in [-0.2, 0) is 11.3 Å². The topological polar surface area (TPSA) is 58.6 Å². The zero-order chi connectivity index (χ0) is 14.5. The number of carbonyl (C=O) groups is 1. The predicted molar refractivity (Wildman–Crippen MR) is 79.3 cm³/mol. The van der Waals surface area contributed by atoms with E-state index in [9.17, 15) is 9.90 Å². The van der Waals surface area contributed by atoms with Gasteiger partial charge in [0.1, 0.15) is 11.8 Å². The second-order valence-electron chi connectivity index (χ2n) is 4.44. The lowest BCUT2D eigenvalue weighted by molar-refractivity contribution is -0.139. The van der Waals surface area contributed by atoms with Gasteiger partial charge in [0.15, 0.2) is 0 Å². The highest BCUT2D eigenvalue weighted by Crippen LogP contribution is 2.21. The lowest BCUT2D eigenvalue weighted by atomic mass is 10.1. The van der Waals surface area contributed by atoms with Gasteiger partial charge in [0.05, 0.1) is 7.11 Å². The molecule has 0 bridgehead atoms. The molecule has 20 heavy (non-hydrogen) atoms. The van der Waals surface area contributed by atoms with Gasteiger partial charge in [-0.1, -0.05) is 12.1 Å². The third-order valence-electron chi connectivity index (χ3n) is 2.95. The Bertz CT molecular complexity index is 594. The molecule has 0 aliphatic carbocycles. The molecule has 4 nitrogen and oxygen atoms in total. The summed E-state index contributed by atoms with van der Waals surface area (Å²) in [5.41, 5.74) is 0.685. The molecule has 0 saturated heterocycles. The quantitative estimate of drug-likeness (QED) is 0.859. The van der Waals surface area contributed by atoms with Crippen molar-refractivity contribution in [2.75, 3.05) is 7.11 Å². The molecule has 106 valence electrons. The Balaban J connectivity index is 2.12. The second-order valence-corrected chi connectivity index (χ2v) is 5.81. The molecule has 0 radical (unpaired) electrons. The molecule has 5 heteroatoms. The fourth-order valence-corrected chi connectivity index (χ4v) is 2.79. The summed E-state index contributed by atoms with van der Waals surface area (Å²) in [6.07, 6.45) is 0. The molecule has 0 fully saturated rings. The summed E-state index contributed by atoms with van der Waals surface area (Å²) in [6.45, 7) is 2.57. The van der Waals surface area contributed by atoms with E-state index in [0.29, 0.717) is 17.9 Å². The molecule has 1 atom stereocenters. The van der Waals surface area contributed by atoms with Gasteiger partial charge < -0.3 is 9.84 Å². The van der Waals surface area contributed by atoms with E-state index in [-0.39, 0.29) is 0 Å². The number of hydrogen-bond acceptors (Lipinski definition) is 4. The van der Waals surface area contributed by atoms with Gasteiger partial charge in [-0.05, 0) is 36.8 Å². The standard InChI is InChI=1S/C15H17NO3S/c1-10-6-7-13(20-10)9-16-14(15(17)18)11-4-3-5-12(8-11)19-2/h3-8,14,16H,9H2,1-2H3,(H,17,18). The molecule has 0 saturated carbocycles. The third kappa shape index (κ3) is 3.59. The number of aryl methyl sites for hydroxylation is 1. The molecular formula is C15H17NO3S. The van der Waals surface area contributed by atoms with Gasteiger partial charge in [0.25, 0.3) is 0 Å². The van der Waals surface area contributed by atoms with Gasteiger partial charge >= 0.3 is 5.97 Å². The highest BCUT2D eigenvalue weighted by Gasteiger charge is 2.19. The van der Waals surface area contributed by atoms with E-state index in [2.05, 4.69) is 5.32 Å². The first-order valence-corrected chi connectivity index (χ1v) is 7.07. The van der Waals surface area contributed by atoms with E-state index < -0.39 is 12.0 Å². The molecule has 0 aliphatic heterocycles. The first-order valence-electron chi connectivity index (χ1n) is 6.25. The number of nitrogens with one attached hydrogen (secondary N) is 1. The van der Waals surface area contributed by atoms with Crippen molar-refractivity contribution >= 4 is 17.3 Å². The fraction of sp³-hybridized carbons (Fsp3) is 0.267. The Morgan fingerprint density at radius 2 is 2.20 bits per heavy atom. The van der Waals surface area contributed by atoms with Crippen molar-refractivity contribution in [2.24, 2.45) is 0 Å². The first kappa shape index (κ1) is 14.6. The van der Waals surface area contributed by atoms with Crippen molar-refractivity contribution < 1.29 is 14.6 Å². The Hall–Kier alpha value is -1.85. The lowest BCUT2D eigenvalue weighted by Gasteiger charge is -2.15. The summed E-state index contributed by atoms with van der Waals surface area (Å²) in [5.74, 6) is -0.242. The summed E-state index contributed by atoms with van der Waals surface area (Å²) in [5, 5.41) is 12.4. The number of methoxy groups -OCH3 is 1. The minimum atomic E-state index is -0.897. The number of benzene rings is 1. The lowest BCUT2D eigenvalue weighted by Crippen LogP contribution is -2.27. The molecule has 0 spiro atoms. The number of aliphatic carboxylic acids is 1. The molecule has 1 unspecified atom stereocenters. The molecule has 1 aromatic heterocycles. The monoisotopic (exact) mass is 291 g/mol. The van der Waals surface area contributed by atoms with Crippen LogP contribution in [0.5, 0.6) is 5.75 Å². The normalized spacial score (nSPS) is 12.1. The van der Waals surface area contributed by atoms with Crippen molar-refractivity contribution in [2.45, 2.75) is 19.5 Å². The number of rotatable bonds is 6. The largest absolute Gasteiger partial charge is 0.497 e. The van der Waals surface area contributed by atoms with E-state index in [1.807, 2.05) is 19.1 Å². The molecule has 2 N–H and O–H groups in total. The number of hydrogen-bond donors (Lipinski definition) is 2. The summed E-state index contributed by atoms with van der Waals surface area (Å²) in [7, 11) is 1.57. The van der Waals surface area contributed by atoms with E-state index in [1.54, 1.807) is 42.7 Å². The van der Waals surface area contributed by atoms with E-state index in [1.165, 1.54) is 4.88 Å². The van der Waals surface area contributed by atoms with Crippen LogP contribution < -0.4 is 10.1 Å². The van der Waals surface area contributed by atoms with Crippen molar-refractivity contribution in [1.29, 1.82) is 0 Å². The Labute approximate surface area is 122 Å². The van der Waals surface area contributed by atoms with Crippen LogP contribution in [-0.4, -0.2) is 18.2 Å². The van der Waals surface area contributed by atoms with Crippen LogP contribution in [0.4, 0.5) is 0 Å². The van der Waals surface area contributed by atoms with Crippen molar-refractivity contribution in [3.8, 4) is 5.75 Å². The molecule has 1 aromatic carbocycles. The van der Waals surface area contributed by atoms with Crippen LogP contribution in [0.15, 0.2) is 36.4 Å². The van der Waals surface area contributed by atoms with Gasteiger partial charge in [0, 0.05) is 16.3 Å². The highest BCUT2D eigenvalue weighted by molar-refractivity contribution is 7.11. The van der Waals surface area contributed by atoms with Crippen LogP contribution in [0.25, 0.3) is 0 Å². The molecular weight excluding hydrogens is 274 g/mol. The maximum atomic E-state index is 11.4. The number of ether oxygens (including phenoxy) is 1. The van der Waals surface area contributed by atoms with Crippen LogP contribution >= 0.6 is 11.3 Å². The van der Waals surface area contributed by atoms with Crippen LogP contribution in [0.2, 0.25) is 0 Å². The predicted octanol–water partition coefficient (Wildman–Crippen LogP) is 2.98. The van der Waals surface area contributed by atoms with Crippen molar-refractivity contribution in [3.05, 3.63) is 51.7 Å². The van der Waals surface area contributed by atoms with Crippen molar-refractivity contribution in [3.63, 3.8) is 0 Å². The van der Waals surface area contributed by atoms with Gasteiger partial charge in [-0.25, -0.2) is 0 Å². The minimum Gasteiger partial charge on any atom is -0.497 e. The number of carboxylic acids is 1. The second kappa shape index (κ2) is 6.54. The first-order chi connectivity index (χ1) is 9.60. The van der Waals surface area contributed by atoms with E-state index in [0.717, 1.165) is 4.88 Å². The van der Waals surface area contributed by atoms with Crippen LogP contribution in [0.3, 0.4) is 0 Å². The molecule has 0 amide bonds. The van der Waals surface area contributed by atoms with Gasteiger partial charge in [0.2, 0.25) is 0 Å².